The van der Waals surface area contributed by atoms with E-state index in [4.69, 9.17) is 5.73 Å². The molecule has 0 unspecified atom stereocenters. The Morgan fingerprint density at radius 1 is 1.35 bits per heavy atom. The zero-order valence-electron chi connectivity index (χ0n) is 8.66. The van der Waals surface area contributed by atoms with Gasteiger partial charge in [-0.1, -0.05) is 18.2 Å². The van der Waals surface area contributed by atoms with Gasteiger partial charge in [0.25, 0.3) is 5.91 Å². The van der Waals surface area contributed by atoms with E-state index in [1.165, 1.54) is 10.9 Å². The third-order valence-electron chi connectivity index (χ3n) is 2.44. The molecular formula is C10H8N6O. The molecule has 0 aliphatic heterocycles. The molecule has 0 spiro atoms. The van der Waals surface area contributed by atoms with Crippen LogP contribution in [0.3, 0.4) is 0 Å². The SMILES string of the molecule is NC(=O)c1nn(-c2cn[nH]n2)c2ccccc12. The molecule has 84 valence electrons. The number of benzene rings is 1. The first-order valence-electron chi connectivity index (χ1n) is 4.91. The average molecular weight is 228 g/mol. The van der Waals surface area contributed by atoms with Crippen LogP contribution in [0.5, 0.6) is 0 Å². The third-order valence-corrected chi connectivity index (χ3v) is 2.44. The number of nitrogens with one attached hydrogen (secondary N) is 1. The van der Waals surface area contributed by atoms with Crippen LogP contribution < -0.4 is 5.73 Å². The maximum atomic E-state index is 11.3. The van der Waals surface area contributed by atoms with Crippen LogP contribution in [0.25, 0.3) is 16.7 Å². The lowest BCUT2D eigenvalue weighted by molar-refractivity contribution is 0.0996. The Morgan fingerprint density at radius 3 is 2.88 bits per heavy atom. The molecule has 0 atom stereocenters. The summed E-state index contributed by atoms with van der Waals surface area (Å²) in [5.41, 5.74) is 6.27. The number of carbonyl (C=O) groups excluding carboxylic acids is 1. The molecule has 3 N–H and O–H groups in total. The number of carbonyl (C=O) groups is 1. The smallest absolute Gasteiger partial charge is 0.269 e. The highest BCUT2D eigenvalue weighted by Gasteiger charge is 2.16. The first-order chi connectivity index (χ1) is 8.27. The summed E-state index contributed by atoms with van der Waals surface area (Å²) in [6.07, 6.45) is 1.52. The lowest BCUT2D eigenvalue weighted by atomic mass is 10.2. The van der Waals surface area contributed by atoms with Gasteiger partial charge in [0.15, 0.2) is 11.5 Å². The minimum atomic E-state index is -0.566. The van der Waals surface area contributed by atoms with E-state index in [2.05, 4.69) is 20.5 Å². The molecular weight excluding hydrogens is 220 g/mol. The van der Waals surface area contributed by atoms with Crippen molar-refractivity contribution in [2.45, 2.75) is 0 Å². The average Bonchev–Trinajstić information content (AvgIpc) is 2.95. The van der Waals surface area contributed by atoms with E-state index >= 15 is 0 Å². The van der Waals surface area contributed by atoms with Crippen molar-refractivity contribution in [3.8, 4) is 5.82 Å². The van der Waals surface area contributed by atoms with E-state index in [-0.39, 0.29) is 5.69 Å². The van der Waals surface area contributed by atoms with E-state index in [0.717, 1.165) is 5.52 Å². The van der Waals surface area contributed by atoms with Crippen LogP contribution in [-0.4, -0.2) is 31.1 Å². The van der Waals surface area contributed by atoms with Crippen LogP contribution in [0, 0.1) is 0 Å². The number of rotatable bonds is 2. The summed E-state index contributed by atoms with van der Waals surface area (Å²) >= 11 is 0. The van der Waals surface area contributed by atoms with Gasteiger partial charge in [-0.25, -0.2) is 4.68 Å². The number of fused-ring (bicyclic) bond motifs is 1. The normalized spacial score (nSPS) is 10.8. The number of amides is 1. The number of nitrogens with two attached hydrogens (primary N) is 1. The Morgan fingerprint density at radius 2 is 2.18 bits per heavy atom. The second kappa shape index (κ2) is 3.41. The summed E-state index contributed by atoms with van der Waals surface area (Å²) in [7, 11) is 0. The number of hydrogen-bond donors (Lipinski definition) is 2. The first-order valence-corrected chi connectivity index (χ1v) is 4.91. The number of para-hydroxylation sites is 1. The van der Waals surface area contributed by atoms with Gasteiger partial charge < -0.3 is 5.73 Å². The van der Waals surface area contributed by atoms with Crippen molar-refractivity contribution in [2.24, 2.45) is 5.73 Å². The van der Waals surface area contributed by atoms with E-state index in [0.29, 0.717) is 11.2 Å². The van der Waals surface area contributed by atoms with Crippen LogP contribution >= 0.6 is 0 Å². The standard InChI is InChI=1S/C10H8N6O/c11-10(17)9-6-3-1-2-4-7(6)16(14-9)8-5-12-15-13-8/h1-5H,(H2,11,17)(H,12,13,15). The van der Waals surface area contributed by atoms with Crippen molar-refractivity contribution >= 4 is 16.8 Å². The van der Waals surface area contributed by atoms with Gasteiger partial charge in [-0.05, 0) is 6.07 Å². The first kappa shape index (κ1) is 9.52. The van der Waals surface area contributed by atoms with Gasteiger partial charge in [0, 0.05) is 5.39 Å². The second-order valence-corrected chi connectivity index (χ2v) is 3.47. The summed E-state index contributed by atoms with van der Waals surface area (Å²) in [5, 5.41) is 15.0. The van der Waals surface area contributed by atoms with Crippen molar-refractivity contribution in [2.75, 3.05) is 0 Å². The minimum absolute atomic E-state index is 0.226. The Kier molecular flexibility index (Phi) is 1.91. The highest BCUT2D eigenvalue weighted by atomic mass is 16.1. The molecule has 3 rings (SSSR count). The predicted octanol–water partition coefficient (Wildman–Crippen LogP) is 0.242. The molecule has 7 nitrogen and oxygen atoms in total. The summed E-state index contributed by atoms with van der Waals surface area (Å²) in [6.45, 7) is 0. The van der Waals surface area contributed by atoms with E-state index in [1.54, 1.807) is 6.07 Å². The largest absolute Gasteiger partial charge is 0.364 e. The van der Waals surface area contributed by atoms with E-state index in [1.807, 2.05) is 18.2 Å². The van der Waals surface area contributed by atoms with Crippen molar-refractivity contribution in [3.63, 3.8) is 0 Å². The molecule has 2 aromatic heterocycles. The Bertz CT molecular complexity index is 684. The highest BCUT2D eigenvalue weighted by Crippen LogP contribution is 2.20. The van der Waals surface area contributed by atoms with Gasteiger partial charge in [-0.3, -0.25) is 4.79 Å². The van der Waals surface area contributed by atoms with E-state index < -0.39 is 5.91 Å². The molecule has 0 aliphatic rings. The fourth-order valence-corrected chi connectivity index (χ4v) is 1.72. The summed E-state index contributed by atoms with van der Waals surface area (Å²) < 4.78 is 1.53. The van der Waals surface area contributed by atoms with Gasteiger partial charge >= 0.3 is 0 Å². The number of hydrogen-bond acceptors (Lipinski definition) is 4. The third kappa shape index (κ3) is 1.36. The molecule has 1 aromatic carbocycles. The Balaban J connectivity index is 2.37. The molecule has 0 aliphatic carbocycles. The number of aromatic amines is 1. The van der Waals surface area contributed by atoms with Crippen LogP contribution in [0.2, 0.25) is 0 Å². The fourth-order valence-electron chi connectivity index (χ4n) is 1.72. The summed E-state index contributed by atoms with van der Waals surface area (Å²) in [4.78, 5) is 11.3. The molecule has 7 heteroatoms. The molecule has 0 fully saturated rings. The van der Waals surface area contributed by atoms with Crippen LogP contribution in [0.15, 0.2) is 30.5 Å². The fraction of sp³-hybridized carbons (Fsp3) is 0. The van der Waals surface area contributed by atoms with Crippen LogP contribution in [-0.2, 0) is 0 Å². The molecule has 0 radical (unpaired) electrons. The summed E-state index contributed by atoms with van der Waals surface area (Å²) in [5.74, 6) is -0.0582. The Hall–Kier alpha value is -2.70. The molecule has 1 amide bonds. The zero-order valence-corrected chi connectivity index (χ0v) is 8.66. The minimum Gasteiger partial charge on any atom is -0.364 e. The number of aromatic nitrogens is 5. The zero-order chi connectivity index (χ0) is 11.8. The van der Waals surface area contributed by atoms with Crippen molar-refractivity contribution in [1.82, 2.24) is 25.2 Å². The van der Waals surface area contributed by atoms with Crippen LogP contribution in [0.4, 0.5) is 0 Å². The maximum Gasteiger partial charge on any atom is 0.269 e. The van der Waals surface area contributed by atoms with Crippen molar-refractivity contribution < 1.29 is 4.79 Å². The Labute approximate surface area is 95.2 Å². The number of nitrogens with zero attached hydrogens (tertiary/aromatic N) is 4. The predicted molar refractivity (Wildman–Crippen MR) is 59.5 cm³/mol. The molecule has 0 bridgehead atoms. The van der Waals surface area contributed by atoms with Gasteiger partial charge in [-0.2, -0.15) is 15.4 Å². The van der Waals surface area contributed by atoms with Gasteiger partial charge in [0.1, 0.15) is 0 Å². The maximum absolute atomic E-state index is 11.3. The molecule has 2 heterocycles. The topological polar surface area (TPSA) is 102 Å². The molecule has 17 heavy (non-hydrogen) atoms. The van der Waals surface area contributed by atoms with E-state index in [9.17, 15) is 4.79 Å². The van der Waals surface area contributed by atoms with Gasteiger partial charge in [0.05, 0.1) is 11.7 Å². The second-order valence-electron chi connectivity index (χ2n) is 3.47. The molecule has 0 saturated heterocycles. The van der Waals surface area contributed by atoms with Gasteiger partial charge in [0.2, 0.25) is 0 Å². The van der Waals surface area contributed by atoms with Gasteiger partial charge in [-0.15, -0.1) is 5.10 Å². The quantitative estimate of drug-likeness (QED) is 0.655. The summed E-state index contributed by atoms with van der Waals surface area (Å²) in [6, 6.07) is 7.30. The highest BCUT2D eigenvalue weighted by molar-refractivity contribution is 6.04. The van der Waals surface area contributed by atoms with Crippen LogP contribution in [0.1, 0.15) is 10.5 Å². The van der Waals surface area contributed by atoms with Crippen molar-refractivity contribution in [1.29, 1.82) is 0 Å². The molecule has 0 saturated carbocycles. The number of primary amides is 1. The molecule has 3 aromatic rings. The monoisotopic (exact) mass is 228 g/mol. The lowest BCUT2D eigenvalue weighted by Crippen LogP contribution is -2.12. The number of H-pyrrole nitrogens is 1. The lowest BCUT2D eigenvalue weighted by Gasteiger charge is -1.95. The van der Waals surface area contributed by atoms with Crippen molar-refractivity contribution in [3.05, 3.63) is 36.2 Å².